The first-order valence-corrected chi connectivity index (χ1v) is 7.22. The highest BCUT2D eigenvalue weighted by Gasteiger charge is 2.31. The molecule has 0 spiro atoms. The third kappa shape index (κ3) is 2.72. The second-order valence-electron chi connectivity index (χ2n) is 5.47. The van der Waals surface area contributed by atoms with E-state index < -0.39 is 0 Å². The van der Waals surface area contributed by atoms with Crippen molar-refractivity contribution < 1.29 is 9.18 Å². The van der Waals surface area contributed by atoms with E-state index in [-0.39, 0.29) is 17.6 Å². The molecule has 0 aliphatic heterocycles. The Morgan fingerprint density at radius 3 is 2.50 bits per heavy atom. The molecule has 112 valence electrons. The van der Waals surface area contributed by atoms with Crippen LogP contribution in [-0.2, 0) is 4.79 Å². The average molecular weight is 296 g/mol. The predicted molar refractivity (Wildman–Crippen MR) is 87.1 cm³/mol. The summed E-state index contributed by atoms with van der Waals surface area (Å²) >= 11 is 0. The molecule has 0 radical (unpaired) electrons. The first kappa shape index (κ1) is 14.3. The van der Waals surface area contributed by atoms with Crippen LogP contribution < -0.4 is 11.1 Å². The van der Waals surface area contributed by atoms with Gasteiger partial charge >= 0.3 is 0 Å². The standard InChI is InChI=1S/C18H17FN2O/c1-2-16(22)21-15-10-9-14(19)17(18(15)12-3-4-12)11-5-7-13(20)8-6-11/h2,5-10,12H,1,3-4,20H2,(H,21,22). The van der Waals surface area contributed by atoms with Crippen molar-refractivity contribution >= 4 is 17.3 Å². The van der Waals surface area contributed by atoms with Crippen molar-refractivity contribution in [1.82, 2.24) is 0 Å². The summed E-state index contributed by atoms with van der Waals surface area (Å²) in [5, 5.41) is 2.78. The largest absolute Gasteiger partial charge is 0.399 e. The van der Waals surface area contributed by atoms with Crippen molar-refractivity contribution in [3.05, 3.63) is 60.4 Å². The summed E-state index contributed by atoms with van der Waals surface area (Å²) in [4.78, 5) is 11.6. The zero-order valence-corrected chi connectivity index (χ0v) is 12.1. The van der Waals surface area contributed by atoms with Crippen LogP contribution in [0.2, 0.25) is 0 Å². The van der Waals surface area contributed by atoms with E-state index in [4.69, 9.17) is 5.73 Å². The monoisotopic (exact) mass is 296 g/mol. The van der Waals surface area contributed by atoms with E-state index in [2.05, 4.69) is 11.9 Å². The number of anilines is 2. The van der Waals surface area contributed by atoms with Gasteiger partial charge in [0.2, 0.25) is 5.91 Å². The molecule has 0 aromatic heterocycles. The van der Waals surface area contributed by atoms with Gasteiger partial charge in [-0.15, -0.1) is 0 Å². The molecule has 0 saturated heterocycles. The smallest absolute Gasteiger partial charge is 0.247 e. The Hall–Kier alpha value is -2.62. The zero-order valence-electron chi connectivity index (χ0n) is 12.1. The zero-order chi connectivity index (χ0) is 15.7. The lowest BCUT2D eigenvalue weighted by molar-refractivity contribution is -0.111. The summed E-state index contributed by atoms with van der Waals surface area (Å²) in [5.41, 5.74) is 9.16. The summed E-state index contributed by atoms with van der Waals surface area (Å²) < 4.78 is 14.5. The van der Waals surface area contributed by atoms with Gasteiger partial charge in [-0.3, -0.25) is 4.79 Å². The van der Waals surface area contributed by atoms with Crippen LogP contribution in [0.5, 0.6) is 0 Å². The highest BCUT2D eigenvalue weighted by atomic mass is 19.1. The van der Waals surface area contributed by atoms with E-state index in [1.54, 1.807) is 30.3 Å². The van der Waals surface area contributed by atoms with Crippen molar-refractivity contribution in [2.45, 2.75) is 18.8 Å². The fourth-order valence-electron chi connectivity index (χ4n) is 2.62. The summed E-state index contributed by atoms with van der Waals surface area (Å²) in [6.45, 7) is 3.45. The molecule has 1 amide bonds. The number of carbonyl (C=O) groups is 1. The second kappa shape index (κ2) is 5.64. The summed E-state index contributed by atoms with van der Waals surface area (Å²) in [5.74, 6) is -0.302. The van der Waals surface area contributed by atoms with Crippen molar-refractivity contribution in [1.29, 1.82) is 0 Å². The lowest BCUT2D eigenvalue weighted by Gasteiger charge is -2.16. The SMILES string of the molecule is C=CC(=O)Nc1ccc(F)c(-c2ccc(N)cc2)c1C1CC1. The van der Waals surface area contributed by atoms with E-state index in [1.165, 1.54) is 12.1 Å². The van der Waals surface area contributed by atoms with E-state index in [1.807, 2.05) is 0 Å². The molecular formula is C18H17FN2O. The molecule has 1 aliphatic rings. The van der Waals surface area contributed by atoms with Gasteiger partial charge in [0.15, 0.2) is 0 Å². The van der Waals surface area contributed by atoms with Gasteiger partial charge in [-0.25, -0.2) is 4.39 Å². The molecule has 0 unspecified atom stereocenters. The quantitative estimate of drug-likeness (QED) is 0.660. The fraction of sp³-hybridized carbons (Fsp3) is 0.167. The molecule has 4 heteroatoms. The van der Waals surface area contributed by atoms with Gasteiger partial charge in [-0.1, -0.05) is 18.7 Å². The third-order valence-electron chi connectivity index (χ3n) is 3.82. The van der Waals surface area contributed by atoms with Crippen molar-refractivity contribution in [2.24, 2.45) is 0 Å². The van der Waals surface area contributed by atoms with Crippen LogP contribution in [0, 0.1) is 5.82 Å². The van der Waals surface area contributed by atoms with Gasteiger partial charge in [-0.2, -0.15) is 0 Å². The number of nitrogen functional groups attached to an aromatic ring is 1. The van der Waals surface area contributed by atoms with Crippen molar-refractivity contribution in [2.75, 3.05) is 11.1 Å². The highest BCUT2D eigenvalue weighted by molar-refractivity contribution is 6.00. The van der Waals surface area contributed by atoms with Gasteiger partial charge in [0.05, 0.1) is 0 Å². The maximum absolute atomic E-state index is 14.5. The maximum Gasteiger partial charge on any atom is 0.247 e. The number of rotatable bonds is 4. The topological polar surface area (TPSA) is 55.1 Å². The maximum atomic E-state index is 14.5. The van der Waals surface area contributed by atoms with Gasteiger partial charge in [0.25, 0.3) is 0 Å². The normalized spacial score (nSPS) is 13.7. The molecule has 3 rings (SSSR count). The van der Waals surface area contributed by atoms with Gasteiger partial charge < -0.3 is 11.1 Å². The van der Waals surface area contributed by atoms with E-state index >= 15 is 0 Å². The van der Waals surface area contributed by atoms with Crippen LogP contribution in [0.15, 0.2) is 49.1 Å². The Labute approximate surface area is 128 Å². The number of hydrogen-bond acceptors (Lipinski definition) is 2. The van der Waals surface area contributed by atoms with Gasteiger partial charge in [0, 0.05) is 16.9 Å². The summed E-state index contributed by atoms with van der Waals surface area (Å²) in [6, 6.07) is 10.1. The van der Waals surface area contributed by atoms with E-state index in [0.29, 0.717) is 16.9 Å². The average Bonchev–Trinajstić information content (AvgIpc) is 3.34. The van der Waals surface area contributed by atoms with Crippen LogP contribution in [-0.4, -0.2) is 5.91 Å². The molecule has 2 aromatic carbocycles. The first-order valence-electron chi connectivity index (χ1n) is 7.22. The Morgan fingerprint density at radius 2 is 1.91 bits per heavy atom. The molecule has 1 aliphatic carbocycles. The molecule has 1 saturated carbocycles. The van der Waals surface area contributed by atoms with Crippen LogP contribution in [0.3, 0.4) is 0 Å². The number of nitrogens with one attached hydrogen (secondary N) is 1. The van der Waals surface area contributed by atoms with E-state index in [9.17, 15) is 9.18 Å². The highest BCUT2D eigenvalue weighted by Crippen LogP contribution is 2.48. The van der Waals surface area contributed by atoms with Crippen molar-refractivity contribution in [3.8, 4) is 11.1 Å². The van der Waals surface area contributed by atoms with Crippen LogP contribution in [0.1, 0.15) is 24.3 Å². The Bertz CT molecular complexity index is 733. The predicted octanol–water partition coefficient (Wildman–Crippen LogP) is 4.08. The minimum Gasteiger partial charge on any atom is -0.399 e. The molecular weight excluding hydrogens is 279 g/mol. The molecule has 3 nitrogen and oxygen atoms in total. The van der Waals surface area contributed by atoms with E-state index in [0.717, 1.165) is 24.0 Å². The number of nitrogens with two attached hydrogens (primary N) is 1. The van der Waals surface area contributed by atoms with Crippen LogP contribution in [0.25, 0.3) is 11.1 Å². The Morgan fingerprint density at radius 1 is 1.23 bits per heavy atom. The van der Waals surface area contributed by atoms with Crippen LogP contribution in [0.4, 0.5) is 15.8 Å². The summed E-state index contributed by atoms with van der Waals surface area (Å²) in [7, 11) is 0. The number of amides is 1. The molecule has 0 atom stereocenters. The van der Waals surface area contributed by atoms with Crippen molar-refractivity contribution in [3.63, 3.8) is 0 Å². The molecule has 22 heavy (non-hydrogen) atoms. The second-order valence-corrected chi connectivity index (χ2v) is 5.47. The lowest BCUT2D eigenvalue weighted by Crippen LogP contribution is -2.10. The summed E-state index contributed by atoms with van der Waals surface area (Å²) in [6.07, 6.45) is 3.22. The first-order chi connectivity index (χ1) is 10.6. The minimum absolute atomic E-state index is 0.281. The number of hydrogen-bond donors (Lipinski definition) is 2. The number of carbonyl (C=O) groups excluding carboxylic acids is 1. The Balaban J connectivity index is 2.15. The van der Waals surface area contributed by atoms with Gasteiger partial charge in [-0.05, 0) is 60.2 Å². The molecule has 2 aromatic rings. The fourth-order valence-corrected chi connectivity index (χ4v) is 2.62. The number of halogens is 1. The van der Waals surface area contributed by atoms with Gasteiger partial charge in [0.1, 0.15) is 5.82 Å². The third-order valence-corrected chi connectivity index (χ3v) is 3.82. The molecule has 0 heterocycles. The molecule has 0 bridgehead atoms. The van der Waals surface area contributed by atoms with Crippen LogP contribution >= 0.6 is 0 Å². The Kier molecular flexibility index (Phi) is 3.67. The number of benzene rings is 2. The minimum atomic E-state index is -0.295. The lowest BCUT2D eigenvalue weighted by atomic mass is 9.94. The molecule has 1 fully saturated rings. The molecule has 3 N–H and O–H groups in total.